The van der Waals surface area contributed by atoms with Crippen LogP contribution in [0.2, 0.25) is 0 Å². The van der Waals surface area contributed by atoms with Crippen LogP contribution in [-0.4, -0.2) is 33.5 Å². The molecule has 25 heavy (non-hydrogen) atoms. The Morgan fingerprint density at radius 2 is 2.32 bits per heavy atom. The molecule has 0 fully saturated rings. The fourth-order valence-corrected chi connectivity index (χ4v) is 3.77. The van der Waals surface area contributed by atoms with Crippen LogP contribution >= 0.6 is 11.8 Å². The summed E-state index contributed by atoms with van der Waals surface area (Å²) in [7, 11) is 1.67. The van der Waals surface area contributed by atoms with E-state index in [1.165, 1.54) is 0 Å². The molecule has 6 nitrogen and oxygen atoms in total. The van der Waals surface area contributed by atoms with Crippen LogP contribution in [0, 0.1) is 17.2 Å². The van der Waals surface area contributed by atoms with Crippen LogP contribution in [-0.2, 0) is 17.7 Å². The molecule has 2 aromatic heterocycles. The third-order valence-corrected chi connectivity index (χ3v) is 5.54. The van der Waals surface area contributed by atoms with Gasteiger partial charge in [0.2, 0.25) is 0 Å². The minimum absolute atomic E-state index is 0.0814. The third-order valence-electron chi connectivity index (χ3n) is 4.23. The SMILES string of the molecule is COC(C)Cc1ccc(-c2nc3n(c(=O)c2C#N)CC(C)CS3)cn1. The van der Waals surface area contributed by atoms with Crippen molar-refractivity contribution in [3.05, 3.63) is 39.9 Å². The molecule has 0 bridgehead atoms. The highest BCUT2D eigenvalue weighted by atomic mass is 32.2. The zero-order valence-electron chi connectivity index (χ0n) is 14.5. The average Bonchev–Trinajstić information content (AvgIpc) is 2.62. The Labute approximate surface area is 150 Å². The Bertz CT molecular complexity index is 870. The molecule has 2 aromatic rings. The van der Waals surface area contributed by atoms with Gasteiger partial charge in [0.05, 0.1) is 11.8 Å². The van der Waals surface area contributed by atoms with E-state index in [0.29, 0.717) is 35.3 Å². The zero-order chi connectivity index (χ0) is 18.0. The lowest BCUT2D eigenvalue weighted by Gasteiger charge is -2.22. The van der Waals surface area contributed by atoms with Crippen LogP contribution < -0.4 is 5.56 Å². The van der Waals surface area contributed by atoms with Gasteiger partial charge in [-0.1, -0.05) is 18.7 Å². The first kappa shape index (κ1) is 17.6. The molecule has 0 aromatic carbocycles. The Kier molecular flexibility index (Phi) is 5.21. The van der Waals surface area contributed by atoms with Crippen LogP contribution in [0.1, 0.15) is 25.1 Å². The summed E-state index contributed by atoms with van der Waals surface area (Å²) in [5, 5.41) is 10.2. The fraction of sp³-hybridized carbons (Fsp3) is 0.444. The van der Waals surface area contributed by atoms with Crippen molar-refractivity contribution in [3.8, 4) is 17.3 Å². The second kappa shape index (κ2) is 7.38. The maximum absolute atomic E-state index is 12.7. The van der Waals surface area contributed by atoms with E-state index in [-0.39, 0.29) is 17.2 Å². The number of rotatable bonds is 4. The number of hydrogen-bond donors (Lipinski definition) is 0. The summed E-state index contributed by atoms with van der Waals surface area (Å²) in [6.07, 6.45) is 2.46. The van der Waals surface area contributed by atoms with Crippen LogP contribution in [0.4, 0.5) is 0 Å². The first-order valence-corrected chi connectivity index (χ1v) is 9.17. The van der Waals surface area contributed by atoms with E-state index >= 15 is 0 Å². The Morgan fingerprint density at radius 1 is 1.52 bits per heavy atom. The molecule has 3 rings (SSSR count). The van der Waals surface area contributed by atoms with E-state index in [2.05, 4.69) is 16.9 Å². The average molecular weight is 356 g/mol. The maximum atomic E-state index is 12.7. The highest BCUT2D eigenvalue weighted by molar-refractivity contribution is 7.99. The lowest BCUT2D eigenvalue weighted by Crippen LogP contribution is -2.32. The smallest absolute Gasteiger partial charge is 0.272 e. The minimum Gasteiger partial charge on any atom is -0.381 e. The largest absolute Gasteiger partial charge is 0.381 e. The van der Waals surface area contributed by atoms with E-state index in [4.69, 9.17) is 4.74 Å². The fourth-order valence-electron chi connectivity index (χ4n) is 2.76. The van der Waals surface area contributed by atoms with Crippen molar-refractivity contribution in [2.75, 3.05) is 12.9 Å². The molecule has 0 saturated carbocycles. The highest BCUT2D eigenvalue weighted by Crippen LogP contribution is 2.28. The standard InChI is InChI=1S/C18H20N4O2S/c1-11-9-22-17(23)15(7-19)16(21-18(22)25-10-11)13-4-5-14(20-8-13)6-12(2)24-3/h4-5,8,11-12H,6,9-10H2,1-3H3. The molecule has 130 valence electrons. The number of methoxy groups -OCH3 is 1. The van der Waals surface area contributed by atoms with Gasteiger partial charge in [0.25, 0.3) is 5.56 Å². The van der Waals surface area contributed by atoms with Gasteiger partial charge in [-0.3, -0.25) is 14.3 Å². The quantitative estimate of drug-likeness (QED) is 0.783. The summed E-state index contributed by atoms with van der Waals surface area (Å²) in [6.45, 7) is 4.68. The summed E-state index contributed by atoms with van der Waals surface area (Å²) in [5.41, 5.74) is 1.82. The first-order valence-electron chi connectivity index (χ1n) is 8.19. The van der Waals surface area contributed by atoms with E-state index in [9.17, 15) is 10.1 Å². The number of pyridine rings is 1. The number of hydrogen-bond acceptors (Lipinski definition) is 6. The topological polar surface area (TPSA) is 80.8 Å². The molecule has 2 unspecified atom stereocenters. The second-order valence-electron chi connectivity index (χ2n) is 6.35. The Balaban J connectivity index is 2.01. The molecule has 1 aliphatic rings. The Hall–Kier alpha value is -2.17. The number of aromatic nitrogens is 3. The van der Waals surface area contributed by atoms with Crippen molar-refractivity contribution in [2.45, 2.75) is 38.1 Å². The molecule has 0 aliphatic carbocycles. The molecule has 0 amide bonds. The molecule has 1 aliphatic heterocycles. The molecule has 3 heterocycles. The van der Waals surface area contributed by atoms with Crippen molar-refractivity contribution in [1.29, 1.82) is 5.26 Å². The van der Waals surface area contributed by atoms with E-state index in [0.717, 1.165) is 11.4 Å². The minimum atomic E-state index is -0.265. The highest BCUT2D eigenvalue weighted by Gasteiger charge is 2.23. The Morgan fingerprint density at radius 3 is 2.96 bits per heavy atom. The molecule has 7 heteroatoms. The van der Waals surface area contributed by atoms with E-state index < -0.39 is 0 Å². The molecule has 0 saturated heterocycles. The van der Waals surface area contributed by atoms with Crippen LogP contribution in [0.25, 0.3) is 11.3 Å². The summed E-state index contributed by atoms with van der Waals surface area (Å²) >= 11 is 1.56. The third kappa shape index (κ3) is 3.60. The monoisotopic (exact) mass is 356 g/mol. The number of nitriles is 1. The normalized spacial score (nSPS) is 17.6. The van der Waals surface area contributed by atoms with Crippen molar-refractivity contribution >= 4 is 11.8 Å². The van der Waals surface area contributed by atoms with Gasteiger partial charge in [-0.05, 0) is 25.0 Å². The lowest BCUT2D eigenvalue weighted by molar-refractivity contribution is 0.118. The van der Waals surface area contributed by atoms with E-state index in [1.807, 2.05) is 25.1 Å². The molecule has 0 N–H and O–H groups in total. The molecular formula is C18H20N4O2S. The van der Waals surface area contributed by atoms with Gasteiger partial charge in [0.1, 0.15) is 11.6 Å². The van der Waals surface area contributed by atoms with Crippen LogP contribution in [0.5, 0.6) is 0 Å². The summed E-state index contributed by atoms with van der Waals surface area (Å²) in [5.74, 6) is 1.31. The van der Waals surface area contributed by atoms with E-state index in [1.54, 1.807) is 29.6 Å². The van der Waals surface area contributed by atoms with Gasteiger partial charge >= 0.3 is 0 Å². The molecule has 0 radical (unpaired) electrons. The van der Waals surface area contributed by atoms with Crippen LogP contribution in [0.3, 0.4) is 0 Å². The summed E-state index contributed by atoms with van der Waals surface area (Å²) in [4.78, 5) is 21.7. The number of fused-ring (bicyclic) bond motifs is 1. The van der Waals surface area contributed by atoms with Crippen LogP contribution in [0.15, 0.2) is 28.3 Å². The zero-order valence-corrected chi connectivity index (χ0v) is 15.3. The van der Waals surface area contributed by atoms with Crippen molar-refractivity contribution in [1.82, 2.24) is 14.5 Å². The number of nitrogens with zero attached hydrogens (tertiary/aromatic N) is 4. The maximum Gasteiger partial charge on any atom is 0.272 e. The molecular weight excluding hydrogens is 336 g/mol. The number of thioether (sulfide) groups is 1. The lowest BCUT2D eigenvalue weighted by atomic mass is 10.1. The van der Waals surface area contributed by atoms with Crippen molar-refractivity contribution in [2.24, 2.45) is 5.92 Å². The molecule has 2 atom stereocenters. The van der Waals surface area contributed by atoms with Crippen molar-refractivity contribution in [3.63, 3.8) is 0 Å². The van der Waals surface area contributed by atoms with Gasteiger partial charge in [0.15, 0.2) is 5.16 Å². The summed E-state index contributed by atoms with van der Waals surface area (Å²) in [6, 6.07) is 5.78. The van der Waals surface area contributed by atoms with Crippen molar-refractivity contribution < 1.29 is 4.74 Å². The second-order valence-corrected chi connectivity index (χ2v) is 7.34. The summed E-state index contributed by atoms with van der Waals surface area (Å²) < 4.78 is 6.86. The van der Waals surface area contributed by atoms with Gasteiger partial charge < -0.3 is 4.74 Å². The van der Waals surface area contributed by atoms with Gasteiger partial charge in [-0.25, -0.2) is 4.98 Å². The number of ether oxygens (including phenoxy) is 1. The van der Waals surface area contributed by atoms with Gasteiger partial charge in [-0.15, -0.1) is 0 Å². The first-order chi connectivity index (χ1) is 12.0. The van der Waals surface area contributed by atoms with Gasteiger partial charge in [-0.2, -0.15) is 5.26 Å². The van der Waals surface area contributed by atoms with Gasteiger partial charge in [0, 0.05) is 43.3 Å². The molecule has 0 spiro atoms. The predicted octanol–water partition coefficient (Wildman–Crippen LogP) is 2.50. The predicted molar refractivity (Wildman–Crippen MR) is 96.5 cm³/mol.